The Labute approximate surface area is 178 Å². The summed E-state index contributed by atoms with van der Waals surface area (Å²) in [6.45, 7) is 7.76. The Kier molecular flexibility index (Phi) is 6.12. The molecule has 7 heteroatoms. The van der Waals surface area contributed by atoms with E-state index in [0.29, 0.717) is 5.69 Å². The summed E-state index contributed by atoms with van der Waals surface area (Å²) in [7, 11) is -3.28. The Bertz CT molecular complexity index is 1150. The fraction of sp³-hybridized carbons (Fsp3) is 0.304. The molecule has 1 amide bonds. The van der Waals surface area contributed by atoms with Gasteiger partial charge in [-0.25, -0.2) is 13.1 Å². The van der Waals surface area contributed by atoms with Crippen LogP contribution in [0.4, 0.5) is 5.69 Å². The Morgan fingerprint density at radius 1 is 1.03 bits per heavy atom. The van der Waals surface area contributed by atoms with Gasteiger partial charge in [0.15, 0.2) is 9.84 Å². The number of para-hydroxylation sites is 1. The van der Waals surface area contributed by atoms with Crippen molar-refractivity contribution in [2.24, 2.45) is 0 Å². The van der Waals surface area contributed by atoms with Crippen molar-refractivity contribution < 1.29 is 13.2 Å². The lowest BCUT2D eigenvalue weighted by Gasteiger charge is -2.27. The zero-order valence-electron chi connectivity index (χ0n) is 18.0. The first-order valence-corrected chi connectivity index (χ1v) is 11.7. The lowest BCUT2D eigenvalue weighted by molar-refractivity contribution is -0.118. The summed E-state index contributed by atoms with van der Waals surface area (Å²) in [5.74, 6) is -0.0593. The summed E-state index contributed by atoms with van der Waals surface area (Å²) in [6, 6.07) is 16.2. The van der Waals surface area contributed by atoms with Crippen molar-refractivity contribution >= 4 is 21.4 Å². The minimum Gasteiger partial charge on any atom is -0.310 e. The Hall–Kier alpha value is -2.93. The first-order valence-electron chi connectivity index (χ1n) is 9.82. The van der Waals surface area contributed by atoms with E-state index in [-0.39, 0.29) is 23.3 Å². The van der Waals surface area contributed by atoms with Crippen LogP contribution in [0, 0.1) is 13.8 Å². The number of rotatable bonds is 6. The second kappa shape index (κ2) is 8.44. The van der Waals surface area contributed by atoms with Gasteiger partial charge in [0.05, 0.1) is 22.7 Å². The number of amides is 1. The molecule has 1 aromatic heterocycles. The van der Waals surface area contributed by atoms with Gasteiger partial charge in [-0.15, -0.1) is 0 Å². The molecule has 6 nitrogen and oxygen atoms in total. The van der Waals surface area contributed by atoms with E-state index in [4.69, 9.17) is 0 Å². The van der Waals surface area contributed by atoms with Crippen LogP contribution < -0.4 is 4.90 Å². The molecule has 0 unspecified atom stereocenters. The fourth-order valence-corrected chi connectivity index (χ4v) is 4.20. The van der Waals surface area contributed by atoms with Crippen molar-refractivity contribution in [3.63, 3.8) is 0 Å². The SMILES string of the molecule is Cc1nn(-c2ccccc2)c(C)c1CC(=O)N(c1ccc(S(C)(=O)=O)cc1)C(C)C. The molecule has 3 aromatic rings. The van der Waals surface area contributed by atoms with Gasteiger partial charge in [0, 0.05) is 29.2 Å². The summed E-state index contributed by atoms with van der Waals surface area (Å²) in [6.07, 6.45) is 1.39. The summed E-state index contributed by atoms with van der Waals surface area (Å²) < 4.78 is 25.3. The molecule has 0 aliphatic heterocycles. The summed E-state index contributed by atoms with van der Waals surface area (Å²) in [4.78, 5) is 15.2. The smallest absolute Gasteiger partial charge is 0.231 e. The molecule has 2 aromatic carbocycles. The lowest BCUT2D eigenvalue weighted by atomic mass is 10.1. The zero-order chi connectivity index (χ0) is 22.1. The number of aromatic nitrogens is 2. The van der Waals surface area contributed by atoms with Crippen LogP contribution in [0.15, 0.2) is 59.5 Å². The summed E-state index contributed by atoms with van der Waals surface area (Å²) in [5.41, 5.74) is 4.29. The molecule has 3 rings (SSSR count). The quantitative estimate of drug-likeness (QED) is 0.601. The number of hydrogen-bond acceptors (Lipinski definition) is 4. The van der Waals surface area contributed by atoms with Gasteiger partial charge in [-0.05, 0) is 64.1 Å². The maximum atomic E-state index is 13.3. The van der Waals surface area contributed by atoms with Crippen molar-refractivity contribution in [1.29, 1.82) is 0 Å². The van der Waals surface area contributed by atoms with Gasteiger partial charge in [-0.3, -0.25) is 4.79 Å². The molecule has 0 bridgehead atoms. The van der Waals surface area contributed by atoms with Crippen molar-refractivity contribution in [2.45, 2.75) is 45.1 Å². The van der Waals surface area contributed by atoms with E-state index in [1.807, 2.05) is 62.7 Å². The van der Waals surface area contributed by atoms with Crippen molar-refractivity contribution in [3.8, 4) is 5.69 Å². The Morgan fingerprint density at radius 3 is 2.17 bits per heavy atom. The third-order valence-electron chi connectivity index (χ3n) is 5.10. The Morgan fingerprint density at radius 2 is 1.63 bits per heavy atom. The van der Waals surface area contributed by atoms with Gasteiger partial charge in [0.25, 0.3) is 0 Å². The third kappa shape index (κ3) is 4.46. The standard InChI is InChI=1S/C23H27N3O3S/c1-16(2)25(19-11-13-21(14-12-19)30(5,28)29)23(27)15-22-17(3)24-26(18(22)4)20-9-7-6-8-10-20/h6-14,16H,15H2,1-5H3. The highest BCUT2D eigenvalue weighted by atomic mass is 32.2. The second-order valence-corrected chi connectivity index (χ2v) is 9.71. The molecule has 158 valence electrons. The van der Waals surface area contributed by atoms with Gasteiger partial charge in [-0.2, -0.15) is 5.10 Å². The van der Waals surface area contributed by atoms with Crippen LogP contribution in [-0.4, -0.2) is 36.4 Å². The van der Waals surface area contributed by atoms with Gasteiger partial charge < -0.3 is 4.90 Å². The molecule has 0 fully saturated rings. The van der Waals surface area contributed by atoms with Crippen LogP contribution in [-0.2, 0) is 21.1 Å². The summed E-state index contributed by atoms with van der Waals surface area (Å²) in [5, 5.41) is 4.63. The van der Waals surface area contributed by atoms with Crippen molar-refractivity contribution in [3.05, 3.63) is 71.5 Å². The number of nitrogens with zero attached hydrogens (tertiary/aromatic N) is 3. The normalized spacial score (nSPS) is 11.7. The van der Waals surface area contributed by atoms with Gasteiger partial charge in [0.2, 0.25) is 5.91 Å². The van der Waals surface area contributed by atoms with Gasteiger partial charge in [-0.1, -0.05) is 18.2 Å². The van der Waals surface area contributed by atoms with Gasteiger partial charge >= 0.3 is 0 Å². The van der Waals surface area contributed by atoms with E-state index in [1.54, 1.807) is 17.0 Å². The van der Waals surface area contributed by atoms with E-state index in [2.05, 4.69) is 5.10 Å². The maximum absolute atomic E-state index is 13.3. The fourth-order valence-electron chi connectivity index (χ4n) is 3.57. The monoisotopic (exact) mass is 425 g/mol. The minimum atomic E-state index is -3.28. The number of carbonyl (C=O) groups excluding carboxylic acids is 1. The Balaban J connectivity index is 1.90. The lowest BCUT2D eigenvalue weighted by Crippen LogP contribution is -2.38. The highest BCUT2D eigenvalue weighted by Crippen LogP contribution is 2.24. The molecule has 0 aliphatic carbocycles. The topological polar surface area (TPSA) is 72.3 Å². The van der Waals surface area contributed by atoms with E-state index < -0.39 is 9.84 Å². The maximum Gasteiger partial charge on any atom is 0.231 e. The predicted molar refractivity (Wildman–Crippen MR) is 119 cm³/mol. The van der Waals surface area contributed by atoms with Crippen LogP contribution in [0.3, 0.4) is 0 Å². The average molecular weight is 426 g/mol. The van der Waals surface area contributed by atoms with Gasteiger partial charge in [0.1, 0.15) is 0 Å². The number of benzene rings is 2. The zero-order valence-corrected chi connectivity index (χ0v) is 18.8. The molecule has 30 heavy (non-hydrogen) atoms. The minimum absolute atomic E-state index is 0.0593. The van der Waals surface area contributed by atoms with Crippen LogP contribution >= 0.6 is 0 Å². The van der Waals surface area contributed by atoms with Crippen LogP contribution in [0.1, 0.15) is 30.8 Å². The van der Waals surface area contributed by atoms with Crippen molar-refractivity contribution in [1.82, 2.24) is 9.78 Å². The highest BCUT2D eigenvalue weighted by Gasteiger charge is 2.23. The molecule has 0 saturated heterocycles. The molecule has 0 radical (unpaired) electrons. The molecule has 1 heterocycles. The number of anilines is 1. The van der Waals surface area contributed by atoms with Crippen LogP contribution in [0.25, 0.3) is 5.69 Å². The van der Waals surface area contributed by atoms with E-state index in [0.717, 1.165) is 22.6 Å². The number of carbonyl (C=O) groups is 1. The molecular formula is C23H27N3O3S. The molecule has 0 spiro atoms. The number of hydrogen-bond donors (Lipinski definition) is 0. The second-order valence-electron chi connectivity index (χ2n) is 7.70. The molecule has 0 aliphatic rings. The average Bonchev–Trinajstić information content (AvgIpc) is 2.96. The molecule has 0 N–H and O–H groups in total. The van der Waals surface area contributed by atoms with Crippen molar-refractivity contribution in [2.75, 3.05) is 11.2 Å². The largest absolute Gasteiger partial charge is 0.310 e. The van der Waals surface area contributed by atoms with Crippen LogP contribution in [0.5, 0.6) is 0 Å². The van der Waals surface area contributed by atoms with Crippen LogP contribution in [0.2, 0.25) is 0 Å². The third-order valence-corrected chi connectivity index (χ3v) is 6.23. The highest BCUT2D eigenvalue weighted by molar-refractivity contribution is 7.90. The predicted octanol–water partition coefficient (Wildman–Crippen LogP) is 3.88. The summed E-state index contributed by atoms with van der Waals surface area (Å²) >= 11 is 0. The molecular weight excluding hydrogens is 398 g/mol. The number of aryl methyl sites for hydroxylation is 1. The first-order chi connectivity index (χ1) is 14.1. The number of sulfone groups is 1. The van der Waals surface area contributed by atoms with E-state index in [1.165, 1.54) is 18.4 Å². The first kappa shape index (κ1) is 21.8. The molecule has 0 saturated carbocycles. The van der Waals surface area contributed by atoms with E-state index >= 15 is 0 Å². The molecule has 0 atom stereocenters. The van der Waals surface area contributed by atoms with E-state index in [9.17, 15) is 13.2 Å².